The lowest BCUT2D eigenvalue weighted by molar-refractivity contribution is -0.137. The number of hydrogen-bond acceptors (Lipinski definition) is 4. The standard InChI is InChI=1S/C11H13NO3.ClH/c1-2-15-10(13)7-6-8-4-3-5-9(12)11(8)14;/h3-7,14H,2,12H2,1H3;1H/b7-6+;. The highest BCUT2D eigenvalue weighted by Gasteiger charge is 2.01. The minimum absolute atomic E-state index is 0. The third kappa shape index (κ3) is 3.82. The topological polar surface area (TPSA) is 72.5 Å². The number of phenols is 1. The number of para-hydroxylation sites is 1. The van der Waals surface area contributed by atoms with E-state index in [9.17, 15) is 9.90 Å². The molecule has 1 aromatic carbocycles. The molecule has 0 fully saturated rings. The lowest BCUT2D eigenvalue weighted by atomic mass is 10.1. The van der Waals surface area contributed by atoms with E-state index in [2.05, 4.69) is 0 Å². The van der Waals surface area contributed by atoms with E-state index in [1.807, 2.05) is 0 Å². The van der Waals surface area contributed by atoms with Crippen molar-refractivity contribution < 1.29 is 14.6 Å². The fourth-order valence-electron chi connectivity index (χ4n) is 1.06. The number of esters is 1. The summed E-state index contributed by atoms with van der Waals surface area (Å²) in [7, 11) is 0. The Bertz CT molecular complexity index is 391. The SMILES string of the molecule is CCOC(=O)/C=C/c1cccc(N)c1O.Cl. The van der Waals surface area contributed by atoms with Crippen molar-refractivity contribution in [2.45, 2.75) is 6.92 Å². The first-order valence-electron chi connectivity index (χ1n) is 4.57. The Morgan fingerprint density at radius 1 is 1.56 bits per heavy atom. The summed E-state index contributed by atoms with van der Waals surface area (Å²) in [5, 5.41) is 9.51. The Morgan fingerprint density at radius 2 is 2.25 bits per heavy atom. The second-order valence-corrected chi connectivity index (χ2v) is 2.87. The summed E-state index contributed by atoms with van der Waals surface area (Å²) in [6, 6.07) is 4.93. The van der Waals surface area contributed by atoms with Gasteiger partial charge in [0, 0.05) is 11.6 Å². The number of carbonyl (C=O) groups is 1. The van der Waals surface area contributed by atoms with E-state index in [-0.39, 0.29) is 23.8 Å². The molecule has 1 aromatic rings. The van der Waals surface area contributed by atoms with Gasteiger partial charge < -0.3 is 15.6 Å². The number of halogens is 1. The van der Waals surface area contributed by atoms with Crippen LogP contribution in [-0.2, 0) is 9.53 Å². The predicted molar refractivity (Wildman–Crippen MR) is 65.4 cm³/mol. The maximum Gasteiger partial charge on any atom is 0.330 e. The minimum Gasteiger partial charge on any atom is -0.505 e. The molecule has 0 radical (unpaired) electrons. The van der Waals surface area contributed by atoms with Gasteiger partial charge in [-0.2, -0.15) is 0 Å². The average Bonchev–Trinajstić information content (AvgIpc) is 2.21. The van der Waals surface area contributed by atoms with E-state index in [4.69, 9.17) is 10.5 Å². The van der Waals surface area contributed by atoms with Gasteiger partial charge >= 0.3 is 5.97 Å². The van der Waals surface area contributed by atoms with Crippen LogP contribution >= 0.6 is 12.4 Å². The van der Waals surface area contributed by atoms with Crippen molar-refractivity contribution in [1.29, 1.82) is 0 Å². The maximum atomic E-state index is 11.0. The summed E-state index contributed by atoms with van der Waals surface area (Å²) in [6.45, 7) is 2.05. The highest BCUT2D eigenvalue weighted by atomic mass is 35.5. The molecule has 0 saturated carbocycles. The summed E-state index contributed by atoms with van der Waals surface area (Å²) in [6.07, 6.45) is 2.71. The molecule has 0 aliphatic rings. The van der Waals surface area contributed by atoms with Crippen molar-refractivity contribution in [2.75, 3.05) is 12.3 Å². The van der Waals surface area contributed by atoms with Gasteiger partial charge in [0.1, 0.15) is 5.75 Å². The maximum absolute atomic E-state index is 11.0. The molecule has 4 nitrogen and oxygen atoms in total. The zero-order chi connectivity index (χ0) is 11.3. The Kier molecular flexibility index (Phi) is 6.03. The molecule has 0 unspecified atom stereocenters. The molecule has 0 aromatic heterocycles. The number of nitrogens with two attached hydrogens (primary N) is 1. The first kappa shape index (κ1) is 14.3. The van der Waals surface area contributed by atoms with Crippen LogP contribution in [0.1, 0.15) is 12.5 Å². The molecular weight excluding hydrogens is 230 g/mol. The van der Waals surface area contributed by atoms with Crippen LogP contribution in [0.15, 0.2) is 24.3 Å². The first-order chi connectivity index (χ1) is 7.15. The molecule has 16 heavy (non-hydrogen) atoms. The third-order valence-electron chi connectivity index (χ3n) is 1.78. The van der Waals surface area contributed by atoms with Gasteiger partial charge in [-0.3, -0.25) is 0 Å². The number of rotatable bonds is 3. The minimum atomic E-state index is -0.445. The average molecular weight is 244 g/mol. The molecule has 0 aliphatic carbocycles. The second-order valence-electron chi connectivity index (χ2n) is 2.87. The predicted octanol–water partition coefficient (Wildman–Crippen LogP) is 1.97. The van der Waals surface area contributed by atoms with E-state index in [0.717, 1.165) is 0 Å². The van der Waals surface area contributed by atoms with Crippen LogP contribution in [0.25, 0.3) is 6.08 Å². The van der Waals surface area contributed by atoms with Gasteiger partial charge in [0.25, 0.3) is 0 Å². The van der Waals surface area contributed by atoms with Gasteiger partial charge in [-0.15, -0.1) is 12.4 Å². The molecule has 5 heteroatoms. The van der Waals surface area contributed by atoms with Gasteiger partial charge in [-0.25, -0.2) is 4.79 Å². The van der Waals surface area contributed by atoms with Crippen molar-refractivity contribution >= 4 is 30.1 Å². The lowest BCUT2D eigenvalue weighted by Gasteiger charge is -2.01. The number of phenolic OH excluding ortho intramolecular Hbond substituents is 1. The van der Waals surface area contributed by atoms with Crippen molar-refractivity contribution in [2.24, 2.45) is 0 Å². The normalized spacial score (nSPS) is 9.81. The fraction of sp³-hybridized carbons (Fsp3) is 0.182. The van der Waals surface area contributed by atoms with Crippen LogP contribution in [0.4, 0.5) is 5.69 Å². The van der Waals surface area contributed by atoms with Crippen molar-refractivity contribution in [1.82, 2.24) is 0 Å². The molecule has 3 N–H and O–H groups in total. The first-order valence-corrected chi connectivity index (χ1v) is 4.57. The molecule has 88 valence electrons. The summed E-state index contributed by atoms with van der Waals surface area (Å²) in [5.41, 5.74) is 6.25. The molecule has 0 atom stereocenters. The molecule has 0 amide bonds. The molecule has 0 heterocycles. The number of benzene rings is 1. The number of aromatic hydroxyl groups is 1. The van der Waals surface area contributed by atoms with Crippen LogP contribution in [0, 0.1) is 0 Å². The lowest BCUT2D eigenvalue weighted by Crippen LogP contribution is -1.98. The number of ether oxygens (including phenoxy) is 1. The summed E-state index contributed by atoms with van der Waals surface area (Å²) < 4.78 is 4.70. The monoisotopic (exact) mass is 243 g/mol. The van der Waals surface area contributed by atoms with Crippen molar-refractivity contribution in [3.05, 3.63) is 29.8 Å². The second kappa shape index (κ2) is 6.74. The smallest absolute Gasteiger partial charge is 0.330 e. The van der Waals surface area contributed by atoms with Crippen LogP contribution in [0.2, 0.25) is 0 Å². The van der Waals surface area contributed by atoms with Crippen LogP contribution in [0.5, 0.6) is 5.75 Å². The highest BCUT2D eigenvalue weighted by molar-refractivity contribution is 5.88. The Labute approximate surface area is 100 Å². The summed E-state index contributed by atoms with van der Waals surface area (Å²) >= 11 is 0. The van der Waals surface area contributed by atoms with E-state index in [1.165, 1.54) is 12.2 Å². The number of nitrogen functional groups attached to an aromatic ring is 1. The van der Waals surface area contributed by atoms with Gasteiger partial charge in [-0.1, -0.05) is 12.1 Å². The summed E-state index contributed by atoms with van der Waals surface area (Å²) in [5.74, 6) is -0.475. The molecule has 0 saturated heterocycles. The third-order valence-corrected chi connectivity index (χ3v) is 1.78. The molecule has 0 bridgehead atoms. The number of anilines is 1. The highest BCUT2D eigenvalue weighted by Crippen LogP contribution is 2.25. The van der Waals surface area contributed by atoms with E-state index >= 15 is 0 Å². The Hall–Kier alpha value is -1.68. The fourth-order valence-corrected chi connectivity index (χ4v) is 1.06. The largest absolute Gasteiger partial charge is 0.505 e. The summed E-state index contributed by atoms with van der Waals surface area (Å²) in [4.78, 5) is 11.0. The zero-order valence-electron chi connectivity index (χ0n) is 8.84. The Morgan fingerprint density at radius 3 is 2.88 bits per heavy atom. The van der Waals surface area contributed by atoms with Crippen molar-refractivity contribution in [3.8, 4) is 5.75 Å². The van der Waals surface area contributed by atoms with Gasteiger partial charge in [0.15, 0.2) is 0 Å². The van der Waals surface area contributed by atoms with Gasteiger partial charge in [0.2, 0.25) is 0 Å². The number of carbonyl (C=O) groups excluding carboxylic acids is 1. The quantitative estimate of drug-likeness (QED) is 0.369. The Balaban J connectivity index is 0.00000225. The van der Waals surface area contributed by atoms with Gasteiger partial charge in [-0.05, 0) is 19.1 Å². The zero-order valence-corrected chi connectivity index (χ0v) is 9.66. The van der Waals surface area contributed by atoms with E-state index < -0.39 is 5.97 Å². The molecular formula is C11H14ClNO3. The van der Waals surface area contributed by atoms with Gasteiger partial charge in [0.05, 0.1) is 12.3 Å². The van der Waals surface area contributed by atoms with Crippen molar-refractivity contribution in [3.63, 3.8) is 0 Å². The molecule has 0 spiro atoms. The molecule has 1 rings (SSSR count). The molecule has 0 aliphatic heterocycles. The van der Waals surface area contributed by atoms with Crippen LogP contribution < -0.4 is 5.73 Å². The van der Waals surface area contributed by atoms with E-state index in [0.29, 0.717) is 12.2 Å². The van der Waals surface area contributed by atoms with E-state index in [1.54, 1.807) is 25.1 Å². The van der Waals surface area contributed by atoms with Crippen LogP contribution in [0.3, 0.4) is 0 Å². The van der Waals surface area contributed by atoms with Crippen LogP contribution in [-0.4, -0.2) is 17.7 Å². The number of hydrogen-bond donors (Lipinski definition) is 2.